The summed E-state index contributed by atoms with van der Waals surface area (Å²) in [5.41, 5.74) is 0.320. The monoisotopic (exact) mass is 273 g/mol. The highest BCUT2D eigenvalue weighted by Crippen LogP contribution is 2.15. The molecule has 0 aliphatic heterocycles. The van der Waals surface area contributed by atoms with E-state index in [4.69, 9.17) is 27.6 Å². The van der Waals surface area contributed by atoms with Crippen molar-refractivity contribution in [3.05, 3.63) is 43.9 Å². The molecule has 5 nitrogen and oxygen atoms in total. The average Bonchev–Trinajstić information content (AvgIpc) is 2.59. The Morgan fingerprint density at radius 1 is 1.41 bits per heavy atom. The predicted molar refractivity (Wildman–Crippen MR) is 63.6 cm³/mol. The van der Waals surface area contributed by atoms with Gasteiger partial charge in [-0.15, -0.1) is 0 Å². The van der Waals surface area contributed by atoms with Gasteiger partial charge in [-0.05, 0) is 13.8 Å². The van der Waals surface area contributed by atoms with Crippen molar-refractivity contribution in [1.29, 1.82) is 0 Å². The average molecular weight is 274 g/mol. The van der Waals surface area contributed by atoms with Gasteiger partial charge in [0.15, 0.2) is 0 Å². The zero-order chi connectivity index (χ0) is 12.6. The van der Waals surface area contributed by atoms with Crippen molar-refractivity contribution in [2.24, 2.45) is 0 Å². The van der Waals surface area contributed by atoms with Crippen LogP contribution in [0.5, 0.6) is 0 Å². The number of rotatable bonds is 2. The van der Waals surface area contributed by atoms with E-state index in [2.05, 4.69) is 10.1 Å². The molecule has 0 amide bonds. The molecule has 17 heavy (non-hydrogen) atoms. The van der Waals surface area contributed by atoms with Crippen LogP contribution in [0.3, 0.4) is 0 Å². The molecule has 2 rings (SSSR count). The molecule has 0 saturated heterocycles. The van der Waals surface area contributed by atoms with E-state index in [0.717, 1.165) is 10.4 Å². The third-order valence-electron chi connectivity index (χ3n) is 2.30. The van der Waals surface area contributed by atoms with Crippen molar-refractivity contribution in [2.75, 3.05) is 0 Å². The fourth-order valence-corrected chi connectivity index (χ4v) is 1.56. The molecule has 2 heterocycles. The highest BCUT2D eigenvalue weighted by Gasteiger charge is 2.11. The molecular formula is C10H9Cl2N3O2. The van der Waals surface area contributed by atoms with Crippen LogP contribution in [0.2, 0.25) is 10.0 Å². The topological polar surface area (TPSA) is 60.9 Å². The van der Waals surface area contributed by atoms with Gasteiger partial charge in [0, 0.05) is 0 Å². The number of halogens is 2. The Hall–Kier alpha value is -1.33. The molecule has 2 aromatic heterocycles. The van der Waals surface area contributed by atoms with Crippen LogP contribution < -0.4 is 5.56 Å². The van der Waals surface area contributed by atoms with Crippen molar-refractivity contribution < 1.29 is 4.42 Å². The molecule has 0 spiro atoms. The zero-order valence-corrected chi connectivity index (χ0v) is 10.7. The van der Waals surface area contributed by atoms with Crippen LogP contribution in [0.15, 0.2) is 15.4 Å². The summed E-state index contributed by atoms with van der Waals surface area (Å²) < 4.78 is 6.51. The van der Waals surface area contributed by atoms with Crippen molar-refractivity contribution in [1.82, 2.24) is 14.8 Å². The van der Waals surface area contributed by atoms with Gasteiger partial charge >= 0.3 is 0 Å². The van der Waals surface area contributed by atoms with Crippen molar-refractivity contribution in [3.8, 4) is 0 Å². The molecule has 0 radical (unpaired) electrons. The maximum absolute atomic E-state index is 11.7. The first-order valence-corrected chi connectivity index (χ1v) is 5.58. The number of aromatic nitrogens is 3. The fourth-order valence-electron chi connectivity index (χ4n) is 1.29. The van der Waals surface area contributed by atoms with E-state index in [0.29, 0.717) is 11.7 Å². The van der Waals surface area contributed by atoms with Gasteiger partial charge in [-0.2, -0.15) is 5.10 Å². The van der Waals surface area contributed by atoms with Crippen molar-refractivity contribution in [3.63, 3.8) is 0 Å². The van der Waals surface area contributed by atoms with Crippen LogP contribution in [-0.4, -0.2) is 14.8 Å². The lowest BCUT2D eigenvalue weighted by Gasteiger charge is -2.02. The second kappa shape index (κ2) is 4.50. The van der Waals surface area contributed by atoms with E-state index in [-0.39, 0.29) is 16.6 Å². The van der Waals surface area contributed by atoms with Crippen molar-refractivity contribution >= 4 is 23.2 Å². The summed E-state index contributed by atoms with van der Waals surface area (Å²) in [5.74, 6) is 1.13. The molecule has 90 valence electrons. The van der Waals surface area contributed by atoms with Crippen LogP contribution in [-0.2, 0) is 6.54 Å². The quantitative estimate of drug-likeness (QED) is 0.842. The predicted octanol–water partition coefficient (Wildman–Crippen LogP) is 2.20. The minimum Gasteiger partial charge on any atom is -0.444 e. The second-order valence-electron chi connectivity index (χ2n) is 3.52. The van der Waals surface area contributed by atoms with E-state index in [1.165, 1.54) is 6.20 Å². The van der Waals surface area contributed by atoms with E-state index >= 15 is 0 Å². The van der Waals surface area contributed by atoms with E-state index < -0.39 is 5.56 Å². The van der Waals surface area contributed by atoms with Crippen molar-refractivity contribution in [2.45, 2.75) is 20.4 Å². The van der Waals surface area contributed by atoms with Crippen LogP contribution >= 0.6 is 23.2 Å². The number of hydrogen-bond donors (Lipinski definition) is 0. The van der Waals surface area contributed by atoms with Crippen LogP contribution in [0.4, 0.5) is 0 Å². The SMILES string of the molecule is Cc1nc(Cn2ncc(Cl)c(Cl)c2=O)oc1C. The number of hydrogen-bond acceptors (Lipinski definition) is 4. The minimum absolute atomic E-state index is 0.0540. The molecule has 0 saturated carbocycles. The normalized spacial score (nSPS) is 10.8. The Balaban J connectivity index is 2.37. The van der Waals surface area contributed by atoms with Gasteiger partial charge in [0.2, 0.25) is 5.89 Å². The Labute approximate surface area is 107 Å². The third kappa shape index (κ3) is 2.35. The first-order valence-electron chi connectivity index (χ1n) is 4.83. The molecule has 0 atom stereocenters. The first-order chi connectivity index (χ1) is 7.99. The number of nitrogens with zero attached hydrogens (tertiary/aromatic N) is 3. The fraction of sp³-hybridized carbons (Fsp3) is 0.300. The van der Waals surface area contributed by atoms with Crippen LogP contribution in [0.1, 0.15) is 17.3 Å². The summed E-state index contributed by atoms with van der Waals surface area (Å²) in [5, 5.41) is 3.94. The maximum atomic E-state index is 11.7. The summed E-state index contributed by atoms with van der Waals surface area (Å²) in [6, 6.07) is 0. The Bertz CT molecular complexity index is 599. The summed E-state index contributed by atoms with van der Waals surface area (Å²) in [6.45, 7) is 3.76. The lowest BCUT2D eigenvalue weighted by atomic mass is 10.4. The van der Waals surface area contributed by atoms with Gasteiger partial charge in [0.05, 0.1) is 16.9 Å². The van der Waals surface area contributed by atoms with E-state index in [9.17, 15) is 4.79 Å². The van der Waals surface area contributed by atoms with Crippen LogP contribution in [0.25, 0.3) is 0 Å². The molecule has 7 heteroatoms. The van der Waals surface area contributed by atoms with Gasteiger partial charge in [0.1, 0.15) is 17.3 Å². The smallest absolute Gasteiger partial charge is 0.287 e. The molecule has 0 aromatic carbocycles. The molecule has 0 unspecified atom stereocenters. The lowest BCUT2D eigenvalue weighted by molar-refractivity contribution is 0.439. The van der Waals surface area contributed by atoms with Gasteiger partial charge in [-0.25, -0.2) is 9.67 Å². The van der Waals surface area contributed by atoms with E-state index in [1.54, 1.807) is 6.92 Å². The van der Waals surface area contributed by atoms with Gasteiger partial charge in [-0.3, -0.25) is 4.79 Å². The molecule has 0 bridgehead atoms. The lowest BCUT2D eigenvalue weighted by Crippen LogP contribution is -2.23. The second-order valence-corrected chi connectivity index (χ2v) is 4.30. The molecule has 2 aromatic rings. The number of aryl methyl sites for hydroxylation is 2. The number of oxazole rings is 1. The van der Waals surface area contributed by atoms with Gasteiger partial charge < -0.3 is 4.42 Å². The third-order valence-corrected chi connectivity index (χ3v) is 3.05. The molecule has 0 aliphatic carbocycles. The molecule has 0 N–H and O–H groups in total. The molecular weight excluding hydrogens is 265 g/mol. The summed E-state index contributed by atoms with van der Waals surface area (Å²) >= 11 is 11.4. The molecule has 0 fully saturated rings. The Morgan fingerprint density at radius 3 is 2.71 bits per heavy atom. The zero-order valence-electron chi connectivity index (χ0n) is 9.20. The highest BCUT2D eigenvalue weighted by atomic mass is 35.5. The largest absolute Gasteiger partial charge is 0.444 e. The van der Waals surface area contributed by atoms with Crippen LogP contribution in [0, 0.1) is 13.8 Å². The standard InChI is InChI=1S/C10H9Cl2N3O2/c1-5-6(2)17-8(14-5)4-15-10(16)9(12)7(11)3-13-15/h3H,4H2,1-2H3. The molecule has 0 aliphatic rings. The Kier molecular flexibility index (Phi) is 3.22. The highest BCUT2D eigenvalue weighted by molar-refractivity contribution is 6.41. The minimum atomic E-state index is -0.465. The summed E-state index contributed by atoms with van der Waals surface area (Å²) in [7, 11) is 0. The van der Waals surface area contributed by atoms with Gasteiger partial charge in [-0.1, -0.05) is 23.2 Å². The summed E-state index contributed by atoms with van der Waals surface area (Å²) in [4.78, 5) is 15.9. The Morgan fingerprint density at radius 2 is 2.12 bits per heavy atom. The maximum Gasteiger partial charge on any atom is 0.287 e. The summed E-state index contributed by atoms with van der Waals surface area (Å²) in [6.07, 6.45) is 1.31. The van der Waals surface area contributed by atoms with Gasteiger partial charge in [0.25, 0.3) is 5.56 Å². The van der Waals surface area contributed by atoms with E-state index in [1.807, 2.05) is 6.92 Å². The first kappa shape index (κ1) is 12.1.